The van der Waals surface area contributed by atoms with Crippen LogP contribution in [0.15, 0.2) is 18.2 Å². The SMILES string of the molecule is CC(NC(=O)C1Cc2cccc(F)c2O1)C(C)NC(=O)C(C)(O)C(F)(F)F. The van der Waals surface area contributed by atoms with Crippen molar-refractivity contribution in [3.8, 4) is 5.75 Å². The first-order chi connectivity index (χ1) is 12.3. The van der Waals surface area contributed by atoms with Crippen molar-refractivity contribution in [2.75, 3.05) is 0 Å². The van der Waals surface area contributed by atoms with E-state index >= 15 is 0 Å². The molecule has 0 saturated heterocycles. The first-order valence-corrected chi connectivity index (χ1v) is 8.19. The molecule has 0 fully saturated rings. The molecule has 0 aromatic heterocycles. The van der Waals surface area contributed by atoms with Crippen LogP contribution in [0.25, 0.3) is 0 Å². The number of amides is 2. The average molecular weight is 392 g/mol. The molecule has 1 aromatic rings. The number of rotatable bonds is 5. The maximum Gasteiger partial charge on any atom is 0.426 e. The molecule has 27 heavy (non-hydrogen) atoms. The monoisotopic (exact) mass is 392 g/mol. The average Bonchev–Trinajstić information content (AvgIpc) is 2.99. The summed E-state index contributed by atoms with van der Waals surface area (Å²) in [6.45, 7) is 3.18. The minimum atomic E-state index is -5.14. The molecular formula is C17H20F4N2O4. The van der Waals surface area contributed by atoms with Gasteiger partial charge in [-0.2, -0.15) is 13.2 Å². The van der Waals surface area contributed by atoms with Crippen molar-refractivity contribution >= 4 is 11.8 Å². The van der Waals surface area contributed by atoms with E-state index in [-0.39, 0.29) is 12.2 Å². The quantitative estimate of drug-likeness (QED) is 0.662. The largest absolute Gasteiger partial charge is 0.477 e. The Kier molecular flexibility index (Phi) is 5.69. The summed E-state index contributed by atoms with van der Waals surface area (Å²) in [4.78, 5) is 24.0. The van der Waals surface area contributed by atoms with Gasteiger partial charge in [0.2, 0.25) is 5.60 Å². The summed E-state index contributed by atoms with van der Waals surface area (Å²) in [6, 6.07) is 2.62. The van der Waals surface area contributed by atoms with Crippen molar-refractivity contribution in [1.82, 2.24) is 10.6 Å². The Bertz CT molecular complexity index is 736. The van der Waals surface area contributed by atoms with Gasteiger partial charge in [-0.1, -0.05) is 12.1 Å². The molecule has 2 rings (SSSR count). The summed E-state index contributed by atoms with van der Waals surface area (Å²) in [5.41, 5.74) is -3.02. The van der Waals surface area contributed by atoms with E-state index in [1.165, 1.54) is 26.0 Å². The van der Waals surface area contributed by atoms with Crippen LogP contribution in [0.5, 0.6) is 5.75 Å². The number of ether oxygens (including phenoxy) is 1. The van der Waals surface area contributed by atoms with E-state index in [1.807, 2.05) is 5.32 Å². The van der Waals surface area contributed by atoms with E-state index in [1.54, 1.807) is 6.07 Å². The molecule has 3 N–H and O–H groups in total. The normalized spacial score (nSPS) is 20.7. The first kappa shape index (κ1) is 20.9. The highest BCUT2D eigenvalue weighted by atomic mass is 19.4. The fourth-order valence-corrected chi connectivity index (χ4v) is 2.42. The van der Waals surface area contributed by atoms with Crippen LogP contribution in [0.3, 0.4) is 0 Å². The van der Waals surface area contributed by atoms with Gasteiger partial charge in [-0.05, 0) is 26.8 Å². The zero-order valence-corrected chi connectivity index (χ0v) is 14.9. The van der Waals surface area contributed by atoms with Gasteiger partial charge in [0.15, 0.2) is 17.7 Å². The van der Waals surface area contributed by atoms with Gasteiger partial charge >= 0.3 is 6.18 Å². The maximum atomic E-state index is 13.7. The molecule has 150 valence electrons. The number of hydrogen-bond donors (Lipinski definition) is 3. The molecular weight excluding hydrogens is 372 g/mol. The third kappa shape index (κ3) is 4.32. The lowest BCUT2D eigenvalue weighted by molar-refractivity contribution is -0.245. The molecule has 2 amide bonds. The molecule has 4 unspecified atom stereocenters. The van der Waals surface area contributed by atoms with E-state index in [9.17, 15) is 32.3 Å². The van der Waals surface area contributed by atoms with E-state index < -0.39 is 47.6 Å². The third-order valence-corrected chi connectivity index (χ3v) is 4.48. The molecule has 10 heteroatoms. The summed E-state index contributed by atoms with van der Waals surface area (Å²) < 4.78 is 57.0. The van der Waals surface area contributed by atoms with Crippen LogP contribution in [0.4, 0.5) is 17.6 Å². The van der Waals surface area contributed by atoms with Crippen LogP contribution in [0.1, 0.15) is 26.3 Å². The Morgan fingerprint density at radius 1 is 1.22 bits per heavy atom. The molecule has 6 nitrogen and oxygen atoms in total. The van der Waals surface area contributed by atoms with Crippen molar-refractivity contribution in [3.05, 3.63) is 29.6 Å². The number of carbonyl (C=O) groups excluding carboxylic acids is 2. The zero-order valence-electron chi connectivity index (χ0n) is 14.9. The molecule has 4 atom stereocenters. The Labute approximate surface area is 152 Å². The fraction of sp³-hybridized carbons (Fsp3) is 0.529. The minimum Gasteiger partial charge on any atom is -0.477 e. The molecule has 0 bridgehead atoms. The number of aliphatic hydroxyl groups is 1. The first-order valence-electron chi connectivity index (χ1n) is 8.19. The van der Waals surface area contributed by atoms with Crippen molar-refractivity contribution in [2.45, 2.75) is 57.2 Å². The standard InChI is InChI=1S/C17H20F4N2O4/c1-8(9(2)23-15(25)16(3,26)17(19,20)21)22-14(24)12-7-10-5-4-6-11(18)13(10)27-12/h4-6,8-9,12,26H,7H2,1-3H3,(H,22,24)(H,23,25). The van der Waals surface area contributed by atoms with Crippen LogP contribution in [-0.4, -0.2) is 46.9 Å². The summed E-state index contributed by atoms with van der Waals surface area (Å²) in [5, 5.41) is 13.9. The lowest BCUT2D eigenvalue weighted by atomic mass is 10.0. The number of fused-ring (bicyclic) bond motifs is 1. The van der Waals surface area contributed by atoms with Gasteiger partial charge < -0.3 is 20.5 Å². The van der Waals surface area contributed by atoms with Crippen LogP contribution in [0, 0.1) is 5.82 Å². The van der Waals surface area contributed by atoms with Crippen LogP contribution >= 0.6 is 0 Å². The minimum absolute atomic E-state index is 0.00659. The number of para-hydroxylation sites is 1. The predicted molar refractivity (Wildman–Crippen MR) is 86.4 cm³/mol. The predicted octanol–water partition coefficient (Wildman–Crippen LogP) is 1.45. The molecule has 1 aliphatic heterocycles. The summed E-state index contributed by atoms with van der Waals surface area (Å²) >= 11 is 0. The van der Waals surface area contributed by atoms with Gasteiger partial charge in [-0.3, -0.25) is 9.59 Å². The van der Waals surface area contributed by atoms with E-state index in [0.717, 1.165) is 0 Å². The van der Waals surface area contributed by atoms with E-state index in [2.05, 4.69) is 5.32 Å². The number of carbonyl (C=O) groups is 2. The van der Waals surface area contributed by atoms with Gasteiger partial charge in [0, 0.05) is 24.1 Å². The topological polar surface area (TPSA) is 87.7 Å². The van der Waals surface area contributed by atoms with Crippen molar-refractivity contribution in [2.24, 2.45) is 0 Å². The van der Waals surface area contributed by atoms with Gasteiger partial charge in [0.25, 0.3) is 11.8 Å². The fourth-order valence-electron chi connectivity index (χ4n) is 2.42. The van der Waals surface area contributed by atoms with Gasteiger partial charge in [0.1, 0.15) is 0 Å². The molecule has 1 aromatic carbocycles. The van der Waals surface area contributed by atoms with Gasteiger partial charge in [0.05, 0.1) is 0 Å². The molecule has 0 radical (unpaired) electrons. The van der Waals surface area contributed by atoms with Crippen LogP contribution in [0.2, 0.25) is 0 Å². The second-order valence-electron chi connectivity index (χ2n) is 6.67. The zero-order chi connectivity index (χ0) is 20.6. The van der Waals surface area contributed by atoms with Crippen LogP contribution in [-0.2, 0) is 16.0 Å². The van der Waals surface area contributed by atoms with Gasteiger partial charge in [-0.25, -0.2) is 4.39 Å². The Hall–Kier alpha value is -2.36. The molecule has 0 spiro atoms. The van der Waals surface area contributed by atoms with E-state index in [4.69, 9.17) is 4.74 Å². The summed E-state index contributed by atoms with van der Waals surface area (Å²) in [7, 11) is 0. The Morgan fingerprint density at radius 3 is 2.37 bits per heavy atom. The molecule has 1 heterocycles. The number of nitrogens with one attached hydrogen (secondary N) is 2. The Balaban J connectivity index is 1.93. The third-order valence-electron chi connectivity index (χ3n) is 4.48. The molecule has 0 saturated carbocycles. The second-order valence-corrected chi connectivity index (χ2v) is 6.67. The number of hydrogen-bond acceptors (Lipinski definition) is 4. The summed E-state index contributed by atoms with van der Waals surface area (Å²) in [5.74, 6) is -2.82. The lowest BCUT2D eigenvalue weighted by Crippen LogP contribution is -2.59. The number of benzene rings is 1. The maximum absolute atomic E-state index is 13.7. The second kappa shape index (κ2) is 7.34. The van der Waals surface area contributed by atoms with Gasteiger partial charge in [-0.15, -0.1) is 0 Å². The number of alkyl halides is 3. The smallest absolute Gasteiger partial charge is 0.426 e. The van der Waals surface area contributed by atoms with E-state index in [0.29, 0.717) is 12.5 Å². The van der Waals surface area contributed by atoms with Crippen LogP contribution < -0.4 is 15.4 Å². The lowest BCUT2D eigenvalue weighted by Gasteiger charge is -2.29. The highest BCUT2D eigenvalue weighted by Gasteiger charge is 2.56. The molecule has 1 aliphatic rings. The number of halogens is 4. The van der Waals surface area contributed by atoms with Crippen molar-refractivity contribution in [1.29, 1.82) is 0 Å². The molecule has 0 aliphatic carbocycles. The Morgan fingerprint density at radius 2 is 1.81 bits per heavy atom. The van der Waals surface area contributed by atoms with Crippen molar-refractivity contribution < 1.29 is 37.0 Å². The highest BCUT2D eigenvalue weighted by Crippen LogP contribution is 2.32. The highest BCUT2D eigenvalue weighted by molar-refractivity contribution is 5.86. The summed E-state index contributed by atoms with van der Waals surface area (Å²) in [6.07, 6.45) is -5.98. The van der Waals surface area contributed by atoms with Crippen molar-refractivity contribution in [3.63, 3.8) is 0 Å².